The molecule has 114 valence electrons. The van der Waals surface area contributed by atoms with Gasteiger partial charge in [-0.05, 0) is 26.0 Å². The predicted octanol–water partition coefficient (Wildman–Crippen LogP) is 0.304. The van der Waals surface area contributed by atoms with Crippen molar-refractivity contribution in [3.63, 3.8) is 0 Å². The highest BCUT2D eigenvalue weighted by Gasteiger charge is 2.37. The topological polar surface area (TPSA) is 84.0 Å². The number of rotatable bonds is 3. The molecule has 1 aromatic rings. The Morgan fingerprint density at radius 1 is 1.19 bits per heavy atom. The molecule has 1 aliphatic rings. The molecule has 1 aliphatic heterocycles. The fourth-order valence-corrected chi connectivity index (χ4v) is 2.75. The monoisotopic (exact) mass is 312 g/mol. The highest BCUT2D eigenvalue weighted by molar-refractivity contribution is 7.86. The van der Waals surface area contributed by atoms with E-state index in [1.54, 1.807) is 12.1 Å². The Morgan fingerprint density at radius 3 is 2.33 bits per heavy atom. The van der Waals surface area contributed by atoms with E-state index < -0.39 is 28.6 Å². The Hall–Kier alpha value is -1.93. The average molecular weight is 312 g/mol. The first kappa shape index (κ1) is 15.5. The zero-order valence-corrected chi connectivity index (χ0v) is 12.8. The van der Waals surface area contributed by atoms with E-state index in [4.69, 9.17) is 4.28 Å². The van der Waals surface area contributed by atoms with Crippen molar-refractivity contribution in [2.24, 2.45) is 0 Å². The number of hydrogen-bond donors (Lipinski definition) is 0. The van der Waals surface area contributed by atoms with Crippen LogP contribution < -0.4 is 0 Å². The first-order valence-electron chi connectivity index (χ1n) is 6.30. The van der Waals surface area contributed by atoms with Gasteiger partial charge in [0.05, 0.1) is 4.90 Å². The predicted molar refractivity (Wildman–Crippen MR) is 73.4 cm³/mol. The van der Waals surface area contributed by atoms with Crippen LogP contribution in [0.5, 0.6) is 0 Å². The number of piperazine rings is 1. The van der Waals surface area contributed by atoms with Gasteiger partial charge in [-0.2, -0.15) is 13.5 Å². The van der Waals surface area contributed by atoms with E-state index in [1.807, 2.05) is 6.92 Å². The maximum absolute atomic E-state index is 12.1. The van der Waals surface area contributed by atoms with Crippen LogP contribution in [0.2, 0.25) is 0 Å². The van der Waals surface area contributed by atoms with Gasteiger partial charge in [0.15, 0.2) is 0 Å². The van der Waals surface area contributed by atoms with Crippen molar-refractivity contribution in [1.82, 2.24) is 9.96 Å². The lowest BCUT2D eigenvalue weighted by molar-refractivity contribution is -0.177. The molecular formula is C13H16N2O5S. The lowest BCUT2D eigenvalue weighted by atomic mass is 10.2. The number of hydrogen-bond acceptors (Lipinski definition) is 5. The number of carbonyl (C=O) groups is 2. The number of aryl methyl sites for hydroxylation is 1. The molecule has 1 fully saturated rings. The molecule has 0 N–H and O–H groups in total. The molecule has 0 bridgehead atoms. The molecule has 0 saturated carbocycles. The summed E-state index contributed by atoms with van der Waals surface area (Å²) in [7, 11) is -2.66. The van der Waals surface area contributed by atoms with E-state index in [0.717, 1.165) is 5.56 Å². The number of amides is 2. The third-order valence-electron chi connectivity index (χ3n) is 3.35. The molecule has 1 unspecified atom stereocenters. The zero-order valence-electron chi connectivity index (χ0n) is 11.9. The van der Waals surface area contributed by atoms with Gasteiger partial charge in [-0.3, -0.25) is 9.59 Å². The smallest absolute Gasteiger partial charge is 0.317 e. The van der Waals surface area contributed by atoms with Crippen LogP contribution in [0.25, 0.3) is 0 Å². The highest BCUT2D eigenvalue weighted by Crippen LogP contribution is 2.18. The SMILES string of the molecule is Cc1ccc(S(=O)(=O)ON2CC(=O)N(C)C(C)C2=O)cc1. The summed E-state index contributed by atoms with van der Waals surface area (Å²) >= 11 is 0. The Kier molecular flexibility index (Phi) is 4.02. The molecule has 0 aromatic heterocycles. The maximum Gasteiger partial charge on any atom is 0.317 e. The zero-order chi connectivity index (χ0) is 15.8. The Bertz CT molecular complexity index is 668. The van der Waals surface area contributed by atoms with Crippen LogP contribution in [0, 0.1) is 6.92 Å². The van der Waals surface area contributed by atoms with Gasteiger partial charge in [-0.25, -0.2) is 0 Å². The molecule has 1 heterocycles. The summed E-state index contributed by atoms with van der Waals surface area (Å²) < 4.78 is 29.0. The van der Waals surface area contributed by atoms with Crippen molar-refractivity contribution >= 4 is 21.9 Å². The second kappa shape index (κ2) is 5.45. The van der Waals surface area contributed by atoms with Crippen molar-refractivity contribution in [2.45, 2.75) is 24.8 Å². The molecule has 21 heavy (non-hydrogen) atoms. The van der Waals surface area contributed by atoms with Gasteiger partial charge >= 0.3 is 10.1 Å². The third kappa shape index (κ3) is 3.06. The molecule has 1 saturated heterocycles. The summed E-state index contributed by atoms with van der Waals surface area (Å²) in [6, 6.07) is 5.25. The highest BCUT2D eigenvalue weighted by atomic mass is 32.2. The summed E-state index contributed by atoms with van der Waals surface area (Å²) in [5.74, 6) is -0.964. The van der Waals surface area contributed by atoms with Gasteiger partial charge in [0.25, 0.3) is 5.91 Å². The van der Waals surface area contributed by atoms with E-state index in [-0.39, 0.29) is 10.8 Å². The molecule has 8 heteroatoms. The normalized spacial score (nSPS) is 20.0. The van der Waals surface area contributed by atoms with Gasteiger partial charge in [-0.1, -0.05) is 17.7 Å². The minimum absolute atomic E-state index is 0.0695. The fourth-order valence-electron chi connectivity index (χ4n) is 1.83. The number of nitrogens with zero attached hydrogens (tertiary/aromatic N) is 2. The van der Waals surface area contributed by atoms with E-state index in [0.29, 0.717) is 5.06 Å². The van der Waals surface area contributed by atoms with Crippen LogP contribution in [0.3, 0.4) is 0 Å². The largest absolute Gasteiger partial charge is 0.332 e. The van der Waals surface area contributed by atoms with Crippen LogP contribution in [0.4, 0.5) is 0 Å². The quantitative estimate of drug-likeness (QED) is 0.802. The van der Waals surface area contributed by atoms with Crippen LogP contribution in [0.15, 0.2) is 29.2 Å². The Labute approximate surface area is 123 Å². The number of likely N-dealkylation sites (N-methyl/N-ethyl adjacent to an activating group) is 1. The maximum atomic E-state index is 12.1. The molecular weight excluding hydrogens is 296 g/mol. The van der Waals surface area contributed by atoms with Gasteiger partial charge in [0.2, 0.25) is 5.91 Å². The van der Waals surface area contributed by atoms with Crippen molar-refractivity contribution in [3.05, 3.63) is 29.8 Å². The molecule has 0 aliphatic carbocycles. The molecule has 2 amide bonds. The standard InChI is InChI=1S/C13H16N2O5S/c1-9-4-6-11(7-5-9)21(18,19)20-15-8-12(16)14(3)10(2)13(15)17/h4-7,10H,8H2,1-3H3. The second-order valence-corrected chi connectivity index (χ2v) is 6.43. The molecule has 1 atom stereocenters. The molecule has 2 rings (SSSR count). The van der Waals surface area contributed by atoms with Gasteiger partial charge in [-0.15, -0.1) is 4.28 Å². The first-order chi connectivity index (χ1) is 9.72. The van der Waals surface area contributed by atoms with E-state index in [9.17, 15) is 18.0 Å². The Balaban J connectivity index is 2.22. The van der Waals surface area contributed by atoms with Crippen molar-refractivity contribution in [2.75, 3.05) is 13.6 Å². The Morgan fingerprint density at radius 2 is 1.76 bits per heavy atom. The van der Waals surface area contributed by atoms with Crippen molar-refractivity contribution < 1.29 is 22.3 Å². The molecule has 1 aromatic carbocycles. The third-order valence-corrected chi connectivity index (χ3v) is 4.58. The molecule has 7 nitrogen and oxygen atoms in total. The van der Waals surface area contributed by atoms with Gasteiger partial charge in [0.1, 0.15) is 12.6 Å². The van der Waals surface area contributed by atoms with E-state index >= 15 is 0 Å². The van der Waals surface area contributed by atoms with Gasteiger partial charge < -0.3 is 4.90 Å². The van der Waals surface area contributed by atoms with E-state index in [2.05, 4.69) is 0 Å². The van der Waals surface area contributed by atoms with Crippen LogP contribution >= 0.6 is 0 Å². The summed E-state index contributed by atoms with van der Waals surface area (Å²) in [5, 5.41) is 0.599. The number of carbonyl (C=O) groups excluding carboxylic acids is 2. The van der Waals surface area contributed by atoms with Gasteiger partial charge in [0, 0.05) is 7.05 Å². The van der Waals surface area contributed by atoms with Crippen LogP contribution in [-0.4, -0.2) is 49.8 Å². The lowest BCUT2D eigenvalue weighted by Gasteiger charge is -2.34. The first-order valence-corrected chi connectivity index (χ1v) is 7.71. The van der Waals surface area contributed by atoms with Crippen molar-refractivity contribution in [3.8, 4) is 0 Å². The molecule has 0 spiro atoms. The second-order valence-electron chi connectivity index (χ2n) is 4.90. The summed E-state index contributed by atoms with van der Waals surface area (Å²) in [4.78, 5) is 24.9. The number of benzene rings is 1. The van der Waals surface area contributed by atoms with E-state index in [1.165, 1.54) is 31.0 Å². The summed E-state index contributed by atoms with van der Waals surface area (Å²) in [6.07, 6.45) is 0. The summed E-state index contributed by atoms with van der Waals surface area (Å²) in [6.45, 7) is 2.90. The lowest BCUT2D eigenvalue weighted by Crippen LogP contribution is -2.57. The van der Waals surface area contributed by atoms with Crippen LogP contribution in [-0.2, 0) is 24.0 Å². The fraction of sp³-hybridized carbons (Fsp3) is 0.385. The molecule has 0 radical (unpaired) electrons. The van der Waals surface area contributed by atoms with Crippen LogP contribution in [0.1, 0.15) is 12.5 Å². The minimum Gasteiger partial charge on any atom is -0.332 e. The summed E-state index contributed by atoms with van der Waals surface area (Å²) in [5.41, 5.74) is 0.897. The number of hydroxylamine groups is 2. The average Bonchev–Trinajstić information content (AvgIpc) is 2.42. The minimum atomic E-state index is -4.14. The van der Waals surface area contributed by atoms with Crippen molar-refractivity contribution in [1.29, 1.82) is 0 Å².